The summed E-state index contributed by atoms with van der Waals surface area (Å²) in [6.07, 6.45) is 5.18. The Balaban J connectivity index is 2.05. The minimum absolute atomic E-state index is 0.225. The molecule has 0 aromatic heterocycles. The molecule has 1 amide bonds. The molecule has 0 aliphatic rings. The second kappa shape index (κ2) is 7.99. The number of anilines is 1. The van der Waals surface area contributed by atoms with Crippen molar-refractivity contribution in [1.82, 2.24) is 0 Å². The summed E-state index contributed by atoms with van der Waals surface area (Å²) in [6, 6.07) is 12.3. The van der Waals surface area contributed by atoms with Crippen LogP contribution >= 0.6 is 11.8 Å². The van der Waals surface area contributed by atoms with Gasteiger partial charge in [-0.2, -0.15) is 0 Å². The smallest absolute Gasteiger partial charge is 0.255 e. The Labute approximate surface area is 135 Å². The van der Waals surface area contributed by atoms with Gasteiger partial charge in [0.15, 0.2) is 0 Å². The molecule has 0 atom stereocenters. The number of benzene rings is 2. The number of hydrogen-bond donors (Lipinski definition) is 1. The van der Waals surface area contributed by atoms with Crippen molar-refractivity contribution in [3.05, 3.63) is 59.4 Å². The lowest BCUT2D eigenvalue weighted by atomic mass is 10.1. The van der Waals surface area contributed by atoms with Gasteiger partial charge in [-0.05, 0) is 55.0 Å². The number of thioether (sulfide) groups is 1. The molecular weight excluding hydrogens is 297 g/mol. The van der Waals surface area contributed by atoms with Gasteiger partial charge in [0, 0.05) is 16.1 Å². The maximum absolute atomic E-state index is 13.5. The van der Waals surface area contributed by atoms with E-state index in [1.807, 2.05) is 24.3 Å². The number of rotatable bonds is 6. The lowest BCUT2D eigenvalue weighted by molar-refractivity contribution is 0.102. The van der Waals surface area contributed by atoms with Gasteiger partial charge in [-0.3, -0.25) is 4.79 Å². The summed E-state index contributed by atoms with van der Waals surface area (Å²) in [6.45, 7) is 2.17. The van der Waals surface area contributed by atoms with Crippen LogP contribution in [0.3, 0.4) is 0 Å². The summed E-state index contributed by atoms with van der Waals surface area (Å²) in [5, 5.41) is 2.84. The zero-order valence-corrected chi connectivity index (χ0v) is 13.7. The zero-order valence-electron chi connectivity index (χ0n) is 12.9. The molecule has 2 aromatic carbocycles. The fourth-order valence-corrected chi connectivity index (χ4v) is 2.65. The van der Waals surface area contributed by atoms with Gasteiger partial charge in [-0.15, -0.1) is 11.8 Å². The predicted octanol–water partition coefficient (Wildman–Crippen LogP) is 5.14. The van der Waals surface area contributed by atoms with Crippen molar-refractivity contribution in [3.8, 4) is 0 Å². The molecule has 0 aliphatic heterocycles. The Hall–Kier alpha value is -1.81. The number of amides is 1. The molecule has 0 bridgehead atoms. The molecule has 0 heterocycles. The summed E-state index contributed by atoms with van der Waals surface area (Å²) >= 11 is 1.29. The van der Waals surface area contributed by atoms with Gasteiger partial charge in [0.2, 0.25) is 0 Å². The third kappa shape index (κ3) is 4.34. The van der Waals surface area contributed by atoms with Crippen LogP contribution in [0, 0.1) is 5.82 Å². The van der Waals surface area contributed by atoms with E-state index in [0.29, 0.717) is 10.5 Å². The van der Waals surface area contributed by atoms with Crippen LogP contribution in [0.15, 0.2) is 47.4 Å². The van der Waals surface area contributed by atoms with Crippen molar-refractivity contribution < 1.29 is 9.18 Å². The fraction of sp³-hybridized carbons (Fsp3) is 0.278. The highest BCUT2D eigenvalue weighted by Crippen LogP contribution is 2.21. The number of halogens is 1. The molecule has 0 aliphatic carbocycles. The summed E-state index contributed by atoms with van der Waals surface area (Å²) in [4.78, 5) is 12.7. The monoisotopic (exact) mass is 317 g/mol. The third-order valence-corrected chi connectivity index (χ3v) is 4.20. The van der Waals surface area contributed by atoms with E-state index in [-0.39, 0.29) is 11.7 Å². The molecule has 2 aromatic rings. The van der Waals surface area contributed by atoms with E-state index >= 15 is 0 Å². The lowest BCUT2D eigenvalue weighted by Gasteiger charge is -2.08. The van der Waals surface area contributed by atoms with Crippen molar-refractivity contribution in [2.75, 3.05) is 11.6 Å². The molecule has 2 rings (SSSR count). The van der Waals surface area contributed by atoms with Crippen LogP contribution in [0.2, 0.25) is 0 Å². The number of nitrogens with one attached hydrogen (secondary N) is 1. The topological polar surface area (TPSA) is 29.1 Å². The first kappa shape index (κ1) is 16.6. The summed E-state index contributed by atoms with van der Waals surface area (Å²) in [5.74, 6) is -0.527. The molecule has 22 heavy (non-hydrogen) atoms. The van der Waals surface area contributed by atoms with E-state index in [0.717, 1.165) is 12.1 Å². The molecule has 0 fully saturated rings. The number of unbranched alkanes of at least 4 members (excludes halogenated alkanes) is 1. The third-order valence-electron chi connectivity index (χ3n) is 3.44. The summed E-state index contributed by atoms with van der Waals surface area (Å²) in [5.41, 5.74) is 2.48. The lowest BCUT2D eigenvalue weighted by Crippen LogP contribution is -2.12. The quantitative estimate of drug-likeness (QED) is 0.747. The Morgan fingerprint density at radius 2 is 1.91 bits per heavy atom. The Kier molecular flexibility index (Phi) is 6.01. The minimum atomic E-state index is -0.302. The van der Waals surface area contributed by atoms with E-state index in [4.69, 9.17) is 0 Å². The van der Waals surface area contributed by atoms with E-state index in [2.05, 4.69) is 12.2 Å². The maximum Gasteiger partial charge on any atom is 0.255 e. The largest absolute Gasteiger partial charge is 0.322 e. The molecule has 116 valence electrons. The molecule has 4 heteroatoms. The van der Waals surface area contributed by atoms with Crippen molar-refractivity contribution in [2.24, 2.45) is 0 Å². The van der Waals surface area contributed by atoms with Crippen molar-refractivity contribution in [3.63, 3.8) is 0 Å². The van der Waals surface area contributed by atoms with Crippen molar-refractivity contribution >= 4 is 23.4 Å². The zero-order chi connectivity index (χ0) is 15.9. The number of hydrogen-bond acceptors (Lipinski definition) is 2. The minimum Gasteiger partial charge on any atom is -0.322 e. The van der Waals surface area contributed by atoms with Crippen LogP contribution in [-0.4, -0.2) is 12.2 Å². The first-order valence-corrected chi connectivity index (χ1v) is 8.60. The standard InChI is InChI=1S/C18H20FNOS/c1-3-4-5-13-6-9-15(10-7-13)20-18(21)14-8-11-16(19)17(12-14)22-2/h6-12H,3-5H2,1-2H3,(H,20,21). The van der Waals surface area contributed by atoms with Gasteiger partial charge in [-0.1, -0.05) is 25.5 Å². The van der Waals surface area contributed by atoms with E-state index in [1.54, 1.807) is 12.3 Å². The molecule has 1 N–H and O–H groups in total. The van der Waals surface area contributed by atoms with Gasteiger partial charge >= 0.3 is 0 Å². The van der Waals surface area contributed by atoms with E-state index in [1.165, 1.54) is 42.3 Å². The second-order valence-corrected chi connectivity index (χ2v) is 5.95. The van der Waals surface area contributed by atoms with Crippen LogP contribution in [0.1, 0.15) is 35.7 Å². The first-order valence-electron chi connectivity index (χ1n) is 7.38. The molecule has 0 spiro atoms. The summed E-state index contributed by atoms with van der Waals surface area (Å²) < 4.78 is 13.5. The Bertz CT molecular complexity index is 640. The molecule has 0 radical (unpaired) electrons. The Morgan fingerprint density at radius 3 is 2.55 bits per heavy atom. The molecule has 2 nitrogen and oxygen atoms in total. The highest BCUT2D eigenvalue weighted by atomic mass is 32.2. The van der Waals surface area contributed by atoms with Crippen LogP contribution in [0.25, 0.3) is 0 Å². The average Bonchev–Trinajstić information content (AvgIpc) is 2.54. The van der Waals surface area contributed by atoms with E-state index in [9.17, 15) is 9.18 Å². The van der Waals surface area contributed by atoms with Crippen molar-refractivity contribution in [2.45, 2.75) is 31.1 Å². The van der Waals surface area contributed by atoms with Crippen LogP contribution in [0.4, 0.5) is 10.1 Å². The predicted molar refractivity (Wildman–Crippen MR) is 91.2 cm³/mol. The van der Waals surface area contributed by atoms with Crippen LogP contribution in [0.5, 0.6) is 0 Å². The van der Waals surface area contributed by atoms with Gasteiger partial charge in [0.25, 0.3) is 5.91 Å². The normalized spacial score (nSPS) is 10.5. The van der Waals surface area contributed by atoms with Crippen LogP contribution in [-0.2, 0) is 6.42 Å². The highest BCUT2D eigenvalue weighted by molar-refractivity contribution is 7.98. The van der Waals surface area contributed by atoms with Crippen molar-refractivity contribution in [1.29, 1.82) is 0 Å². The van der Waals surface area contributed by atoms with E-state index < -0.39 is 0 Å². The second-order valence-electron chi connectivity index (χ2n) is 5.10. The average molecular weight is 317 g/mol. The van der Waals surface area contributed by atoms with Gasteiger partial charge in [0.1, 0.15) is 5.82 Å². The van der Waals surface area contributed by atoms with Gasteiger partial charge in [0.05, 0.1) is 0 Å². The molecule has 0 saturated heterocycles. The maximum atomic E-state index is 13.5. The van der Waals surface area contributed by atoms with Gasteiger partial charge < -0.3 is 5.32 Å². The Morgan fingerprint density at radius 1 is 1.18 bits per heavy atom. The first-order chi connectivity index (χ1) is 10.6. The SMILES string of the molecule is CCCCc1ccc(NC(=O)c2ccc(F)c(SC)c2)cc1. The molecule has 0 saturated carbocycles. The number of aryl methyl sites for hydroxylation is 1. The van der Waals surface area contributed by atoms with Crippen LogP contribution < -0.4 is 5.32 Å². The summed E-state index contributed by atoms with van der Waals surface area (Å²) in [7, 11) is 0. The van der Waals surface area contributed by atoms with Gasteiger partial charge in [-0.25, -0.2) is 4.39 Å². The number of carbonyl (C=O) groups excluding carboxylic acids is 1. The highest BCUT2D eigenvalue weighted by Gasteiger charge is 2.09. The number of carbonyl (C=O) groups is 1. The molecule has 0 unspecified atom stereocenters. The fourth-order valence-electron chi connectivity index (χ4n) is 2.14. The molecular formula is C18H20FNOS.